The van der Waals surface area contributed by atoms with E-state index in [1.807, 2.05) is 37.5 Å². The summed E-state index contributed by atoms with van der Waals surface area (Å²) in [6, 6.07) is 2.05. The summed E-state index contributed by atoms with van der Waals surface area (Å²) < 4.78 is 3.68. The van der Waals surface area contributed by atoms with E-state index in [9.17, 15) is 4.89 Å². The molecule has 0 aromatic carbocycles. The Bertz CT molecular complexity index is 168. The molecule has 0 fully saturated rings. The van der Waals surface area contributed by atoms with Crippen LogP contribution in [0.2, 0.25) is 0 Å². The normalized spacial score (nSPS) is 13.5. The van der Waals surface area contributed by atoms with Crippen molar-refractivity contribution in [2.45, 2.75) is 6.42 Å². The van der Waals surface area contributed by atoms with Gasteiger partial charge in [0.1, 0.15) is 0 Å². The maximum atomic E-state index is 10.1. The van der Waals surface area contributed by atoms with Gasteiger partial charge in [-0.15, -0.1) is 0 Å². The van der Waals surface area contributed by atoms with Gasteiger partial charge in [0.25, 0.3) is 0 Å². The number of hydrogen-bond acceptors (Lipinski definition) is 4. The molecule has 12 heavy (non-hydrogen) atoms. The van der Waals surface area contributed by atoms with Crippen LogP contribution in [-0.4, -0.2) is 48.6 Å². The number of nitrogens with zero attached hydrogens (tertiary/aromatic N) is 3. The second-order valence-electron chi connectivity index (χ2n) is 3.22. The summed E-state index contributed by atoms with van der Waals surface area (Å²) in [7, 11) is 4.92. The molecule has 4 nitrogen and oxygen atoms in total. The van der Waals surface area contributed by atoms with E-state index in [-0.39, 0.29) is 0 Å². The molecular weight excluding hydrogens is 173 g/mol. The van der Waals surface area contributed by atoms with Crippen LogP contribution in [0.25, 0.3) is 0 Å². The van der Waals surface area contributed by atoms with Crippen molar-refractivity contribution in [1.82, 2.24) is 9.34 Å². The number of rotatable bonds is 4. The Hall–Kier alpha value is -0.200. The fourth-order valence-electron chi connectivity index (χ4n) is 1.07. The van der Waals surface area contributed by atoms with Gasteiger partial charge in [-0.3, -0.25) is 0 Å². The van der Waals surface area contributed by atoms with Gasteiger partial charge in [-0.1, -0.05) is 0 Å². The zero-order valence-corrected chi connectivity index (χ0v) is 9.20. The van der Waals surface area contributed by atoms with E-state index in [1.54, 1.807) is 0 Å². The molecule has 0 aliphatic heterocycles. The summed E-state index contributed by atoms with van der Waals surface area (Å²) >= 11 is 0. The zero-order chi connectivity index (χ0) is 9.78. The summed E-state index contributed by atoms with van der Waals surface area (Å²) in [6.07, 6.45) is 0.989. The molecule has 0 saturated heterocycles. The van der Waals surface area contributed by atoms with Crippen molar-refractivity contribution in [3.63, 3.8) is 0 Å². The van der Waals surface area contributed by atoms with Gasteiger partial charge in [0.2, 0.25) is 0 Å². The van der Waals surface area contributed by atoms with Crippen LogP contribution in [0.15, 0.2) is 0 Å². The van der Waals surface area contributed by atoms with Crippen LogP contribution < -0.4 is 0 Å². The van der Waals surface area contributed by atoms with Crippen LogP contribution in [0.1, 0.15) is 6.42 Å². The zero-order valence-electron chi connectivity index (χ0n) is 8.20. The molecule has 0 aliphatic rings. The predicted molar refractivity (Wildman–Crippen MR) is 53.0 cm³/mol. The SMILES string of the molecule is CN(C)[PH](O)(CCC#N)N(C)C. The van der Waals surface area contributed by atoms with Crippen molar-refractivity contribution in [3.05, 3.63) is 0 Å². The van der Waals surface area contributed by atoms with Gasteiger partial charge < -0.3 is 0 Å². The summed E-state index contributed by atoms with van der Waals surface area (Å²) in [5, 5.41) is 8.42. The van der Waals surface area contributed by atoms with E-state index in [4.69, 9.17) is 5.26 Å². The Kier molecular flexibility index (Phi) is 4.66. The summed E-state index contributed by atoms with van der Waals surface area (Å²) in [5.41, 5.74) is 0. The molecule has 0 unspecified atom stereocenters. The second kappa shape index (κ2) is 4.74. The van der Waals surface area contributed by atoms with Crippen LogP contribution in [0.4, 0.5) is 0 Å². The topological polar surface area (TPSA) is 50.5 Å². The third-order valence-electron chi connectivity index (χ3n) is 2.00. The van der Waals surface area contributed by atoms with Gasteiger partial charge >= 0.3 is 74.1 Å². The first-order valence-electron chi connectivity index (χ1n) is 3.89. The molecule has 0 aromatic rings. The Morgan fingerprint density at radius 3 is 1.92 bits per heavy atom. The van der Waals surface area contributed by atoms with E-state index in [1.165, 1.54) is 0 Å². The quantitative estimate of drug-likeness (QED) is 0.658. The molecule has 0 amide bonds. The number of nitriles is 1. The Labute approximate surface area is 74.9 Å². The average Bonchev–Trinajstić information content (AvgIpc) is 1.99. The van der Waals surface area contributed by atoms with Gasteiger partial charge in [0.15, 0.2) is 0 Å². The molecule has 1 N–H and O–H groups in total. The Balaban J connectivity index is 4.31. The van der Waals surface area contributed by atoms with Crippen LogP contribution in [0, 0.1) is 11.3 Å². The minimum absolute atomic E-state index is 0.416. The van der Waals surface area contributed by atoms with E-state index < -0.39 is 7.79 Å². The fourth-order valence-corrected chi connectivity index (χ4v) is 3.21. The van der Waals surface area contributed by atoms with Crippen LogP contribution in [0.3, 0.4) is 0 Å². The van der Waals surface area contributed by atoms with Crippen LogP contribution in [-0.2, 0) is 0 Å². The van der Waals surface area contributed by atoms with Gasteiger partial charge in [-0.05, 0) is 0 Å². The monoisotopic (exact) mass is 191 g/mol. The molecule has 0 heterocycles. The van der Waals surface area contributed by atoms with Crippen molar-refractivity contribution in [1.29, 1.82) is 5.26 Å². The second-order valence-corrected chi connectivity index (χ2v) is 7.06. The van der Waals surface area contributed by atoms with Gasteiger partial charge in [0.05, 0.1) is 0 Å². The minimum atomic E-state index is -2.48. The standard InChI is InChI=1S/C7H18N3OP/c1-9(2)12(11,10(3)4)7-5-6-8/h11-12H,5,7H2,1-4H3. The van der Waals surface area contributed by atoms with Crippen molar-refractivity contribution in [2.75, 3.05) is 34.4 Å². The molecule has 0 bridgehead atoms. The molecule has 0 rings (SSSR count). The third-order valence-corrected chi connectivity index (χ3v) is 5.79. The third kappa shape index (κ3) is 2.69. The van der Waals surface area contributed by atoms with Gasteiger partial charge in [-0.2, -0.15) is 0 Å². The molecular formula is C7H18N3OP. The molecule has 72 valence electrons. The average molecular weight is 191 g/mol. The fraction of sp³-hybridized carbons (Fsp3) is 0.857. The Morgan fingerprint density at radius 2 is 1.67 bits per heavy atom. The van der Waals surface area contributed by atoms with Gasteiger partial charge in [-0.25, -0.2) is 0 Å². The van der Waals surface area contributed by atoms with Crippen molar-refractivity contribution < 1.29 is 4.89 Å². The predicted octanol–water partition coefficient (Wildman–Crippen LogP) is 0.510. The van der Waals surface area contributed by atoms with E-state index >= 15 is 0 Å². The maximum absolute atomic E-state index is 10.1. The van der Waals surface area contributed by atoms with Crippen LogP contribution in [0.5, 0.6) is 0 Å². The summed E-state index contributed by atoms with van der Waals surface area (Å²) in [4.78, 5) is 10.1. The first-order chi connectivity index (χ1) is 5.45. The molecule has 5 heteroatoms. The van der Waals surface area contributed by atoms with Crippen molar-refractivity contribution in [2.24, 2.45) is 0 Å². The van der Waals surface area contributed by atoms with Crippen molar-refractivity contribution in [3.8, 4) is 6.07 Å². The molecule has 0 aromatic heterocycles. The first-order valence-corrected chi connectivity index (χ1v) is 5.94. The summed E-state index contributed by atoms with van der Waals surface area (Å²) in [5.74, 6) is 0. The molecule has 0 atom stereocenters. The van der Waals surface area contributed by atoms with E-state index in [0.29, 0.717) is 12.6 Å². The Morgan fingerprint density at radius 1 is 1.25 bits per heavy atom. The molecule has 0 spiro atoms. The van der Waals surface area contributed by atoms with Crippen LogP contribution >= 0.6 is 7.79 Å². The van der Waals surface area contributed by atoms with Gasteiger partial charge in [0, 0.05) is 0 Å². The van der Waals surface area contributed by atoms with E-state index in [2.05, 4.69) is 6.07 Å². The molecule has 0 radical (unpaired) electrons. The summed E-state index contributed by atoms with van der Waals surface area (Å²) in [6.45, 7) is 0. The first kappa shape index (κ1) is 11.8. The van der Waals surface area contributed by atoms with Crippen molar-refractivity contribution >= 4 is 7.79 Å². The molecule has 0 aliphatic carbocycles. The molecule has 0 saturated carbocycles. The van der Waals surface area contributed by atoms with E-state index in [0.717, 1.165) is 0 Å². The number of hydrogen-bond donors (Lipinski definition) is 1.